The van der Waals surface area contributed by atoms with E-state index in [2.05, 4.69) is 10.2 Å². The maximum absolute atomic E-state index is 12.2. The van der Waals surface area contributed by atoms with Crippen molar-refractivity contribution in [2.75, 3.05) is 25.5 Å². The van der Waals surface area contributed by atoms with Crippen molar-refractivity contribution in [2.24, 2.45) is 11.7 Å². The van der Waals surface area contributed by atoms with Gasteiger partial charge in [-0.15, -0.1) is 0 Å². The van der Waals surface area contributed by atoms with Gasteiger partial charge >= 0.3 is 0 Å². The number of rotatable bonds is 5. The van der Waals surface area contributed by atoms with Crippen molar-refractivity contribution in [2.45, 2.75) is 38.6 Å². The molecule has 3 N–H and O–H groups in total. The van der Waals surface area contributed by atoms with Gasteiger partial charge in [-0.2, -0.15) is 0 Å². The number of nitrogens with one attached hydrogen (secondary N) is 1. The summed E-state index contributed by atoms with van der Waals surface area (Å²) < 4.78 is 0. The Balaban J connectivity index is 1.91. The Morgan fingerprint density at radius 3 is 2.76 bits per heavy atom. The highest BCUT2D eigenvalue weighted by Crippen LogP contribution is 2.27. The highest BCUT2D eigenvalue weighted by Gasteiger charge is 2.28. The SMILES string of the molecule is Cc1ccccc1NC(=O)CN(C)C1CCCCC1CN. The summed E-state index contributed by atoms with van der Waals surface area (Å²) in [6, 6.07) is 8.30. The first-order valence-electron chi connectivity index (χ1n) is 7.87. The fourth-order valence-electron chi connectivity index (χ4n) is 3.29. The van der Waals surface area contributed by atoms with E-state index in [0.717, 1.165) is 17.7 Å². The molecule has 1 amide bonds. The molecule has 1 aromatic rings. The van der Waals surface area contributed by atoms with Crippen molar-refractivity contribution >= 4 is 11.6 Å². The van der Waals surface area contributed by atoms with Crippen LogP contribution in [0.15, 0.2) is 24.3 Å². The van der Waals surface area contributed by atoms with Crippen LogP contribution in [0, 0.1) is 12.8 Å². The van der Waals surface area contributed by atoms with E-state index in [0.29, 0.717) is 25.0 Å². The molecule has 21 heavy (non-hydrogen) atoms. The minimum absolute atomic E-state index is 0.0492. The maximum atomic E-state index is 12.2. The lowest BCUT2D eigenvalue weighted by atomic mass is 9.84. The monoisotopic (exact) mass is 289 g/mol. The molecule has 0 saturated heterocycles. The first-order chi connectivity index (χ1) is 10.1. The molecular weight excluding hydrogens is 262 g/mol. The van der Waals surface area contributed by atoms with E-state index < -0.39 is 0 Å². The lowest BCUT2D eigenvalue weighted by Crippen LogP contribution is -2.46. The first kappa shape index (κ1) is 16.0. The Kier molecular flexibility index (Phi) is 5.76. The van der Waals surface area contributed by atoms with Gasteiger partial charge in [-0.25, -0.2) is 0 Å². The molecule has 1 aliphatic carbocycles. The van der Waals surface area contributed by atoms with E-state index in [-0.39, 0.29) is 5.91 Å². The Bertz CT molecular complexity index is 475. The summed E-state index contributed by atoms with van der Waals surface area (Å²) in [5.74, 6) is 0.572. The lowest BCUT2D eigenvalue weighted by molar-refractivity contribution is -0.117. The van der Waals surface area contributed by atoms with E-state index in [1.54, 1.807) is 0 Å². The molecule has 1 saturated carbocycles. The van der Waals surface area contributed by atoms with Gasteiger partial charge in [0, 0.05) is 11.7 Å². The van der Waals surface area contributed by atoms with Gasteiger partial charge in [-0.1, -0.05) is 31.0 Å². The summed E-state index contributed by atoms with van der Waals surface area (Å²) in [7, 11) is 2.04. The molecule has 0 heterocycles. The van der Waals surface area contributed by atoms with E-state index in [9.17, 15) is 4.79 Å². The molecule has 2 atom stereocenters. The second-order valence-electron chi connectivity index (χ2n) is 6.13. The second kappa shape index (κ2) is 7.57. The summed E-state index contributed by atoms with van der Waals surface area (Å²) >= 11 is 0. The van der Waals surface area contributed by atoms with E-state index >= 15 is 0 Å². The highest BCUT2D eigenvalue weighted by atomic mass is 16.2. The molecular formula is C17H27N3O. The quantitative estimate of drug-likeness (QED) is 0.875. The highest BCUT2D eigenvalue weighted by molar-refractivity contribution is 5.92. The Morgan fingerprint density at radius 1 is 1.33 bits per heavy atom. The molecule has 0 spiro atoms. The predicted octanol–water partition coefficient (Wildman–Crippen LogP) is 2.38. The van der Waals surface area contributed by atoms with Gasteiger partial charge in [0.2, 0.25) is 5.91 Å². The molecule has 1 aromatic carbocycles. The number of hydrogen-bond acceptors (Lipinski definition) is 3. The third kappa shape index (κ3) is 4.29. The largest absolute Gasteiger partial charge is 0.330 e. The van der Waals surface area contributed by atoms with Gasteiger partial charge in [-0.3, -0.25) is 9.69 Å². The van der Waals surface area contributed by atoms with Gasteiger partial charge in [0.15, 0.2) is 0 Å². The molecule has 4 nitrogen and oxygen atoms in total. The smallest absolute Gasteiger partial charge is 0.238 e. The topological polar surface area (TPSA) is 58.4 Å². The van der Waals surface area contributed by atoms with Crippen molar-refractivity contribution in [3.8, 4) is 0 Å². The van der Waals surface area contributed by atoms with Crippen LogP contribution in [0.3, 0.4) is 0 Å². The van der Waals surface area contributed by atoms with Crippen LogP contribution in [0.25, 0.3) is 0 Å². The van der Waals surface area contributed by atoms with E-state index in [1.807, 2.05) is 38.2 Å². The van der Waals surface area contributed by atoms with E-state index in [4.69, 9.17) is 5.73 Å². The van der Waals surface area contributed by atoms with Gasteiger partial charge in [0.05, 0.1) is 6.54 Å². The first-order valence-corrected chi connectivity index (χ1v) is 7.87. The summed E-state index contributed by atoms with van der Waals surface area (Å²) in [6.45, 7) is 3.15. The molecule has 1 fully saturated rings. The van der Waals surface area contributed by atoms with Crippen LogP contribution in [0.2, 0.25) is 0 Å². The van der Waals surface area contributed by atoms with Crippen molar-refractivity contribution < 1.29 is 4.79 Å². The van der Waals surface area contributed by atoms with Crippen LogP contribution in [-0.2, 0) is 4.79 Å². The normalized spacial score (nSPS) is 22.3. The predicted molar refractivity (Wildman–Crippen MR) is 87.2 cm³/mol. The number of nitrogens with zero attached hydrogens (tertiary/aromatic N) is 1. The number of carbonyl (C=O) groups excluding carboxylic acids is 1. The van der Waals surface area contributed by atoms with Gasteiger partial charge < -0.3 is 11.1 Å². The number of para-hydroxylation sites is 1. The number of amides is 1. The molecule has 2 unspecified atom stereocenters. The summed E-state index contributed by atoms with van der Waals surface area (Å²) in [5, 5.41) is 3.00. The molecule has 4 heteroatoms. The summed E-state index contributed by atoms with van der Waals surface area (Å²) in [5.41, 5.74) is 7.87. The minimum Gasteiger partial charge on any atom is -0.330 e. The van der Waals surface area contributed by atoms with E-state index in [1.165, 1.54) is 19.3 Å². The number of benzene rings is 1. The van der Waals surface area contributed by atoms with Crippen LogP contribution in [0.1, 0.15) is 31.2 Å². The number of likely N-dealkylation sites (N-methyl/N-ethyl adjacent to an activating group) is 1. The molecule has 0 aromatic heterocycles. The number of nitrogens with two attached hydrogens (primary N) is 1. The number of aryl methyl sites for hydroxylation is 1. The fraction of sp³-hybridized carbons (Fsp3) is 0.588. The number of hydrogen-bond donors (Lipinski definition) is 2. The van der Waals surface area contributed by atoms with Gasteiger partial charge in [0.1, 0.15) is 0 Å². The summed E-state index contributed by atoms with van der Waals surface area (Å²) in [6.07, 6.45) is 4.84. The van der Waals surface area contributed by atoms with Crippen molar-refractivity contribution in [3.05, 3.63) is 29.8 Å². The summed E-state index contributed by atoms with van der Waals surface area (Å²) in [4.78, 5) is 14.4. The third-order valence-corrected chi connectivity index (χ3v) is 4.55. The Morgan fingerprint density at radius 2 is 2.05 bits per heavy atom. The van der Waals surface area contributed by atoms with Gasteiger partial charge in [0.25, 0.3) is 0 Å². The second-order valence-corrected chi connectivity index (χ2v) is 6.13. The zero-order valence-electron chi connectivity index (χ0n) is 13.1. The fourth-order valence-corrected chi connectivity index (χ4v) is 3.29. The van der Waals surface area contributed by atoms with Crippen LogP contribution in [0.4, 0.5) is 5.69 Å². The van der Waals surface area contributed by atoms with Crippen molar-refractivity contribution in [3.63, 3.8) is 0 Å². The molecule has 0 radical (unpaired) electrons. The lowest BCUT2D eigenvalue weighted by Gasteiger charge is -2.37. The average molecular weight is 289 g/mol. The maximum Gasteiger partial charge on any atom is 0.238 e. The van der Waals surface area contributed by atoms with Crippen LogP contribution < -0.4 is 11.1 Å². The Hall–Kier alpha value is -1.39. The van der Waals surface area contributed by atoms with Crippen LogP contribution in [0.5, 0.6) is 0 Å². The van der Waals surface area contributed by atoms with Crippen LogP contribution >= 0.6 is 0 Å². The number of anilines is 1. The van der Waals surface area contributed by atoms with Crippen molar-refractivity contribution in [1.82, 2.24) is 4.90 Å². The minimum atomic E-state index is 0.0492. The Labute approximate surface area is 127 Å². The molecule has 116 valence electrons. The zero-order chi connectivity index (χ0) is 15.2. The van der Waals surface area contributed by atoms with Crippen molar-refractivity contribution in [1.29, 1.82) is 0 Å². The zero-order valence-corrected chi connectivity index (χ0v) is 13.1. The standard InChI is InChI=1S/C17H27N3O/c1-13-7-3-5-9-15(13)19-17(21)12-20(2)16-10-6-4-8-14(16)11-18/h3,5,7,9,14,16H,4,6,8,10-12,18H2,1-2H3,(H,19,21). The third-order valence-electron chi connectivity index (χ3n) is 4.55. The molecule has 0 aliphatic heterocycles. The molecule has 0 bridgehead atoms. The van der Waals surface area contributed by atoms with Gasteiger partial charge in [-0.05, 0) is 50.9 Å². The number of carbonyl (C=O) groups is 1. The average Bonchev–Trinajstić information content (AvgIpc) is 2.49. The molecule has 2 rings (SSSR count). The van der Waals surface area contributed by atoms with Crippen LogP contribution in [-0.4, -0.2) is 37.0 Å². The molecule has 1 aliphatic rings.